The van der Waals surface area contributed by atoms with E-state index in [2.05, 4.69) is 21.9 Å². The van der Waals surface area contributed by atoms with Crippen molar-refractivity contribution in [1.29, 1.82) is 0 Å². The summed E-state index contributed by atoms with van der Waals surface area (Å²) in [6.45, 7) is 2.22. The van der Waals surface area contributed by atoms with Gasteiger partial charge >= 0.3 is 11.9 Å². The summed E-state index contributed by atoms with van der Waals surface area (Å²) in [6, 6.07) is 0. The molecule has 102 valence electrons. The van der Waals surface area contributed by atoms with Gasteiger partial charge in [-0.05, 0) is 6.42 Å². The van der Waals surface area contributed by atoms with E-state index in [4.69, 9.17) is 4.42 Å². The second-order valence-electron chi connectivity index (χ2n) is 4.36. The zero-order valence-electron chi connectivity index (χ0n) is 11.3. The Morgan fingerprint density at radius 2 is 1.78 bits per heavy atom. The Balaban J connectivity index is 2.12. The molecule has 18 heavy (non-hydrogen) atoms. The van der Waals surface area contributed by atoms with E-state index < -0.39 is 5.97 Å². The second kappa shape index (κ2) is 8.66. The molecule has 0 amide bonds. The van der Waals surface area contributed by atoms with Crippen LogP contribution in [0.15, 0.2) is 4.42 Å². The highest BCUT2D eigenvalue weighted by Crippen LogP contribution is 2.10. The first kappa shape index (κ1) is 14.7. The van der Waals surface area contributed by atoms with Crippen molar-refractivity contribution in [2.24, 2.45) is 0 Å². The fourth-order valence-corrected chi connectivity index (χ4v) is 1.76. The first-order valence-corrected chi connectivity index (χ1v) is 6.68. The van der Waals surface area contributed by atoms with Crippen LogP contribution in [0.1, 0.15) is 68.4 Å². The largest absolute Gasteiger partial charge is 0.462 e. The summed E-state index contributed by atoms with van der Waals surface area (Å²) in [6.07, 6.45) is 9.39. The summed E-state index contributed by atoms with van der Waals surface area (Å²) in [5.74, 6) is -0.118. The summed E-state index contributed by atoms with van der Waals surface area (Å²) in [5, 5.41) is 7.45. The SMILES string of the molecule is CCCCCCCCCc1nnc(C(=O)OC)o1. The zero-order valence-corrected chi connectivity index (χ0v) is 11.3. The molecule has 5 nitrogen and oxygen atoms in total. The van der Waals surface area contributed by atoms with Crippen LogP contribution in [0.3, 0.4) is 0 Å². The molecule has 0 radical (unpaired) electrons. The van der Waals surface area contributed by atoms with Gasteiger partial charge in [0, 0.05) is 6.42 Å². The van der Waals surface area contributed by atoms with Gasteiger partial charge < -0.3 is 9.15 Å². The van der Waals surface area contributed by atoms with E-state index in [-0.39, 0.29) is 5.89 Å². The highest BCUT2D eigenvalue weighted by molar-refractivity contribution is 5.83. The Morgan fingerprint density at radius 3 is 2.44 bits per heavy atom. The van der Waals surface area contributed by atoms with Gasteiger partial charge in [0.15, 0.2) is 0 Å². The normalized spacial score (nSPS) is 10.6. The predicted molar refractivity (Wildman–Crippen MR) is 67.3 cm³/mol. The number of ether oxygens (including phenoxy) is 1. The lowest BCUT2D eigenvalue weighted by Gasteiger charge is -1.98. The summed E-state index contributed by atoms with van der Waals surface area (Å²) in [4.78, 5) is 11.1. The molecule has 0 saturated heterocycles. The molecule has 0 unspecified atom stereocenters. The topological polar surface area (TPSA) is 65.2 Å². The van der Waals surface area contributed by atoms with Gasteiger partial charge in [0.1, 0.15) is 0 Å². The maximum Gasteiger partial charge on any atom is 0.396 e. The first-order chi connectivity index (χ1) is 8.77. The Labute approximate surface area is 108 Å². The third-order valence-electron chi connectivity index (χ3n) is 2.82. The van der Waals surface area contributed by atoms with E-state index >= 15 is 0 Å². The van der Waals surface area contributed by atoms with E-state index in [1.54, 1.807) is 0 Å². The van der Waals surface area contributed by atoms with Crippen LogP contribution in [0.25, 0.3) is 0 Å². The van der Waals surface area contributed by atoms with Crippen LogP contribution < -0.4 is 0 Å². The summed E-state index contributed by atoms with van der Waals surface area (Å²) in [7, 11) is 1.29. The Kier molecular flexibility index (Phi) is 7.06. The molecule has 1 rings (SSSR count). The number of aryl methyl sites for hydroxylation is 1. The number of rotatable bonds is 9. The van der Waals surface area contributed by atoms with Crippen molar-refractivity contribution in [2.45, 2.75) is 58.3 Å². The summed E-state index contributed by atoms with van der Waals surface area (Å²) in [5.41, 5.74) is 0. The minimum atomic E-state index is -0.576. The Bertz CT molecular complexity index is 350. The van der Waals surface area contributed by atoms with Crippen molar-refractivity contribution >= 4 is 5.97 Å². The van der Waals surface area contributed by atoms with Crippen LogP contribution in [-0.4, -0.2) is 23.3 Å². The number of esters is 1. The molecule has 1 aromatic heterocycles. The molecule has 1 heterocycles. The third-order valence-corrected chi connectivity index (χ3v) is 2.82. The van der Waals surface area contributed by atoms with Crippen LogP contribution in [0.2, 0.25) is 0 Å². The molecule has 0 atom stereocenters. The molecule has 0 fully saturated rings. The Morgan fingerprint density at radius 1 is 1.11 bits per heavy atom. The number of nitrogens with zero attached hydrogens (tertiary/aromatic N) is 2. The Hall–Kier alpha value is -1.39. The smallest absolute Gasteiger partial charge is 0.396 e. The van der Waals surface area contributed by atoms with Crippen LogP contribution in [0, 0.1) is 0 Å². The minimum absolute atomic E-state index is 0.0598. The zero-order chi connectivity index (χ0) is 13.2. The number of unbranched alkanes of at least 4 members (excludes halogenated alkanes) is 6. The molecular weight excluding hydrogens is 232 g/mol. The molecule has 1 aromatic rings. The van der Waals surface area contributed by atoms with Crippen molar-refractivity contribution in [1.82, 2.24) is 10.2 Å². The quantitative estimate of drug-likeness (QED) is 0.500. The van der Waals surface area contributed by atoms with Gasteiger partial charge in [-0.1, -0.05) is 45.4 Å². The van der Waals surface area contributed by atoms with Crippen LogP contribution >= 0.6 is 0 Å². The average Bonchev–Trinajstić information content (AvgIpc) is 2.85. The lowest BCUT2D eigenvalue weighted by molar-refractivity contribution is 0.0554. The molecule has 0 bridgehead atoms. The lowest BCUT2D eigenvalue weighted by Crippen LogP contribution is -2.00. The number of aromatic nitrogens is 2. The van der Waals surface area contributed by atoms with E-state index in [9.17, 15) is 4.79 Å². The van der Waals surface area contributed by atoms with E-state index in [0.29, 0.717) is 5.89 Å². The van der Waals surface area contributed by atoms with Crippen molar-refractivity contribution in [3.63, 3.8) is 0 Å². The maximum absolute atomic E-state index is 11.1. The highest BCUT2D eigenvalue weighted by atomic mass is 16.5. The predicted octanol–water partition coefficient (Wildman–Crippen LogP) is 3.15. The van der Waals surface area contributed by atoms with E-state index in [1.807, 2.05) is 0 Å². The first-order valence-electron chi connectivity index (χ1n) is 6.68. The van der Waals surface area contributed by atoms with Gasteiger partial charge in [0.2, 0.25) is 5.89 Å². The minimum Gasteiger partial charge on any atom is -0.462 e. The molecule has 0 N–H and O–H groups in total. The molecule has 5 heteroatoms. The number of carbonyl (C=O) groups excluding carboxylic acids is 1. The van der Waals surface area contributed by atoms with Crippen molar-refractivity contribution in [2.75, 3.05) is 7.11 Å². The van der Waals surface area contributed by atoms with Gasteiger partial charge in [-0.3, -0.25) is 0 Å². The molecular formula is C13H22N2O3. The molecule has 0 aromatic carbocycles. The van der Waals surface area contributed by atoms with Crippen LogP contribution in [-0.2, 0) is 11.2 Å². The molecule has 0 saturated carbocycles. The van der Waals surface area contributed by atoms with Crippen LogP contribution in [0.4, 0.5) is 0 Å². The third kappa shape index (κ3) is 5.29. The molecule has 0 aliphatic carbocycles. The van der Waals surface area contributed by atoms with Crippen LogP contribution in [0.5, 0.6) is 0 Å². The van der Waals surface area contributed by atoms with Gasteiger partial charge in [-0.15, -0.1) is 10.2 Å². The van der Waals surface area contributed by atoms with Gasteiger partial charge in [0.05, 0.1) is 7.11 Å². The van der Waals surface area contributed by atoms with Gasteiger partial charge in [-0.2, -0.15) is 0 Å². The number of hydrogen-bond acceptors (Lipinski definition) is 5. The number of methoxy groups -OCH3 is 1. The van der Waals surface area contributed by atoms with E-state index in [0.717, 1.165) is 12.8 Å². The van der Waals surface area contributed by atoms with Crippen molar-refractivity contribution in [3.8, 4) is 0 Å². The number of hydrogen-bond donors (Lipinski definition) is 0. The molecule has 0 aliphatic rings. The second-order valence-corrected chi connectivity index (χ2v) is 4.36. The monoisotopic (exact) mass is 254 g/mol. The van der Waals surface area contributed by atoms with E-state index in [1.165, 1.54) is 45.6 Å². The number of carbonyl (C=O) groups is 1. The maximum atomic E-state index is 11.1. The van der Waals surface area contributed by atoms with Gasteiger partial charge in [-0.25, -0.2) is 4.79 Å². The standard InChI is InChI=1S/C13H22N2O3/c1-3-4-5-6-7-8-9-10-11-14-15-12(18-11)13(16)17-2/h3-10H2,1-2H3. The molecule has 0 spiro atoms. The summed E-state index contributed by atoms with van der Waals surface area (Å²) < 4.78 is 9.68. The van der Waals surface area contributed by atoms with Gasteiger partial charge in [0.25, 0.3) is 0 Å². The average molecular weight is 254 g/mol. The summed E-state index contributed by atoms with van der Waals surface area (Å²) >= 11 is 0. The molecule has 0 aliphatic heterocycles. The lowest BCUT2D eigenvalue weighted by atomic mass is 10.1. The van der Waals surface area contributed by atoms with Crippen molar-refractivity contribution in [3.05, 3.63) is 11.8 Å². The fraction of sp³-hybridized carbons (Fsp3) is 0.769. The fourth-order valence-electron chi connectivity index (χ4n) is 1.76. The van der Waals surface area contributed by atoms with Crippen molar-refractivity contribution < 1.29 is 13.9 Å². The highest BCUT2D eigenvalue weighted by Gasteiger charge is 2.14.